The SMILES string of the molecule is COC(=O)c1ccc(CC2CCN(CCCN(C(=O)C3CCN(C(C)=O)CC3)c3ccc(Cl)c(Cl)c3)CC2)cc1. The van der Waals surface area contributed by atoms with Crippen LogP contribution in [0, 0.1) is 11.8 Å². The summed E-state index contributed by atoms with van der Waals surface area (Å²) in [5, 5.41) is 0.903. The van der Waals surface area contributed by atoms with Gasteiger partial charge in [0.15, 0.2) is 0 Å². The Labute approximate surface area is 247 Å². The molecule has 40 heavy (non-hydrogen) atoms. The van der Waals surface area contributed by atoms with Crippen LogP contribution in [0.1, 0.15) is 54.9 Å². The van der Waals surface area contributed by atoms with E-state index in [1.807, 2.05) is 40.1 Å². The van der Waals surface area contributed by atoms with E-state index in [-0.39, 0.29) is 23.7 Å². The fourth-order valence-corrected chi connectivity index (χ4v) is 6.07. The maximum absolute atomic E-state index is 13.7. The molecule has 4 rings (SSSR count). The van der Waals surface area contributed by atoms with Gasteiger partial charge < -0.3 is 19.4 Å². The van der Waals surface area contributed by atoms with Crippen LogP contribution in [0.5, 0.6) is 0 Å². The van der Waals surface area contributed by atoms with E-state index in [9.17, 15) is 14.4 Å². The van der Waals surface area contributed by atoms with Gasteiger partial charge in [0, 0.05) is 38.2 Å². The Morgan fingerprint density at radius 3 is 2.20 bits per heavy atom. The van der Waals surface area contributed by atoms with Gasteiger partial charge in [0.05, 0.1) is 22.7 Å². The summed E-state index contributed by atoms with van der Waals surface area (Å²) < 4.78 is 4.79. The number of methoxy groups -OCH3 is 1. The van der Waals surface area contributed by atoms with Crippen LogP contribution in [0.3, 0.4) is 0 Å². The lowest BCUT2D eigenvalue weighted by Crippen LogP contribution is -2.45. The number of piperidine rings is 2. The molecular formula is C31H39Cl2N3O4. The van der Waals surface area contributed by atoms with Crippen molar-refractivity contribution in [3.05, 3.63) is 63.6 Å². The molecule has 216 valence electrons. The number of amides is 2. The third-order valence-electron chi connectivity index (χ3n) is 8.23. The number of ether oxygens (including phenoxy) is 1. The molecule has 2 amide bonds. The molecule has 9 heteroatoms. The van der Waals surface area contributed by atoms with Crippen molar-refractivity contribution in [1.29, 1.82) is 0 Å². The first-order valence-electron chi connectivity index (χ1n) is 14.2. The zero-order chi connectivity index (χ0) is 28.6. The van der Waals surface area contributed by atoms with Gasteiger partial charge in [-0.1, -0.05) is 35.3 Å². The summed E-state index contributed by atoms with van der Waals surface area (Å²) in [4.78, 5) is 43.2. The number of rotatable bonds is 9. The second-order valence-electron chi connectivity index (χ2n) is 10.9. The quantitative estimate of drug-likeness (QED) is 0.351. The Morgan fingerprint density at radius 1 is 0.925 bits per heavy atom. The molecular weight excluding hydrogens is 549 g/mol. The second kappa shape index (κ2) is 14.3. The van der Waals surface area contributed by atoms with Crippen LogP contribution >= 0.6 is 23.2 Å². The number of likely N-dealkylation sites (tertiary alicyclic amines) is 2. The summed E-state index contributed by atoms with van der Waals surface area (Å²) in [5.74, 6) is 0.363. The number of hydrogen-bond donors (Lipinski definition) is 0. The van der Waals surface area contributed by atoms with E-state index < -0.39 is 0 Å². The van der Waals surface area contributed by atoms with E-state index >= 15 is 0 Å². The van der Waals surface area contributed by atoms with E-state index in [2.05, 4.69) is 4.90 Å². The van der Waals surface area contributed by atoms with E-state index in [1.54, 1.807) is 19.1 Å². The second-order valence-corrected chi connectivity index (χ2v) is 11.7. The number of halogens is 2. The molecule has 7 nitrogen and oxygen atoms in total. The number of anilines is 1. The average molecular weight is 589 g/mol. The molecule has 0 atom stereocenters. The Hall–Kier alpha value is -2.61. The average Bonchev–Trinajstić information content (AvgIpc) is 2.97. The lowest BCUT2D eigenvalue weighted by atomic mass is 9.90. The third kappa shape index (κ3) is 7.99. The van der Waals surface area contributed by atoms with Crippen molar-refractivity contribution >= 4 is 46.7 Å². The molecule has 2 fully saturated rings. The molecule has 2 aliphatic heterocycles. The number of benzene rings is 2. The highest BCUT2D eigenvalue weighted by molar-refractivity contribution is 6.42. The Bertz CT molecular complexity index is 1170. The van der Waals surface area contributed by atoms with Gasteiger partial charge in [-0.3, -0.25) is 9.59 Å². The molecule has 0 unspecified atom stereocenters. The minimum Gasteiger partial charge on any atom is -0.465 e. The Morgan fingerprint density at radius 2 is 1.60 bits per heavy atom. The van der Waals surface area contributed by atoms with Crippen molar-refractivity contribution in [1.82, 2.24) is 9.80 Å². The van der Waals surface area contributed by atoms with E-state index in [0.29, 0.717) is 54.0 Å². The number of esters is 1. The van der Waals surface area contributed by atoms with Crippen LogP contribution in [-0.2, 0) is 20.7 Å². The van der Waals surface area contributed by atoms with Crippen LogP contribution in [-0.4, -0.2) is 74.0 Å². The molecule has 0 saturated carbocycles. The summed E-state index contributed by atoms with van der Waals surface area (Å²) in [5.41, 5.74) is 2.59. The van der Waals surface area contributed by atoms with Gasteiger partial charge in [0.2, 0.25) is 11.8 Å². The molecule has 0 spiro atoms. The van der Waals surface area contributed by atoms with Crippen molar-refractivity contribution < 1.29 is 19.1 Å². The molecule has 2 aromatic rings. The number of carbonyl (C=O) groups is 3. The lowest BCUT2D eigenvalue weighted by Gasteiger charge is -2.35. The first-order valence-corrected chi connectivity index (χ1v) is 14.9. The minimum atomic E-state index is -0.308. The van der Waals surface area contributed by atoms with Crippen molar-refractivity contribution in [2.45, 2.75) is 45.4 Å². The fourth-order valence-electron chi connectivity index (χ4n) is 5.78. The summed E-state index contributed by atoms with van der Waals surface area (Å²) in [7, 11) is 1.40. The highest BCUT2D eigenvalue weighted by Crippen LogP contribution is 2.30. The Balaban J connectivity index is 1.29. The van der Waals surface area contributed by atoms with Crippen molar-refractivity contribution in [3.63, 3.8) is 0 Å². The number of hydrogen-bond acceptors (Lipinski definition) is 5. The monoisotopic (exact) mass is 587 g/mol. The van der Waals surface area contributed by atoms with Crippen molar-refractivity contribution in [2.75, 3.05) is 51.3 Å². The normalized spacial score (nSPS) is 17.1. The van der Waals surface area contributed by atoms with Gasteiger partial charge in [-0.2, -0.15) is 0 Å². The zero-order valence-electron chi connectivity index (χ0n) is 23.4. The molecule has 2 aliphatic rings. The van der Waals surface area contributed by atoms with Crippen LogP contribution < -0.4 is 4.90 Å². The molecule has 0 bridgehead atoms. The van der Waals surface area contributed by atoms with E-state index in [4.69, 9.17) is 27.9 Å². The maximum Gasteiger partial charge on any atom is 0.337 e. The van der Waals surface area contributed by atoms with Gasteiger partial charge in [-0.15, -0.1) is 0 Å². The van der Waals surface area contributed by atoms with Crippen molar-refractivity contribution in [2.24, 2.45) is 11.8 Å². The first-order chi connectivity index (χ1) is 19.2. The number of carbonyl (C=O) groups excluding carboxylic acids is 3. The standard InChI is InChI=1S/C31H39Cl2N3O4/c1-22(37)35-18-12-25(13-19-35)30(38)36(27-8-9-28(32)29(33)21-27)15-3-14-34-16-10-24(11-17-34)20-23-4-6-26(7-5-23)31(39)40-2/h4-9,21,24-25H,3,10-20H2,1-2H3. The van der Waals surface area contributed by atoms with Gasteiger partial charge in [-0.05, 0) is 100.0 Å². The summed E-state index contributed by atoms with van der Waals surface area (Å²) >= 11 is 12.5. The van der Waals surface area contributed by atoms with Crippen LogP contribution in [0.25, 0.3) is 0 Å². The first kappa shape index (κ1) is 30.4. The molecule has 0 aliphatic carbocycles. The summed E-state index contributed by atoms with van der Waals surface area (Å²) in [6.45, 7) is 6.42. The maximum atomic E-state index is 13.7. The van der Waals surface area contributed by atoms with E-state index in [1.165, 1.54) is 12.7 Å². The molecule has 2 aromatic carbocycles. The van der Waals surface area contributed by atoms with Gasteiger partial charge in [0.25, 0.3) is 0 Å². The highest BCUT2D eigenvalue weighted by Gasteiger charge is 2.30. The topological polar surface area (TPSA) is 70.2 Å². The van der Waals surface area contributed by atoms with Crippen LogP contribution in [0.4, 0.5) is 5.69 Å². The van der Waals surface area contributed by atoms with Crippen LogP contribution in [0.2, 0.25) is 10.0 Å². The van der Waals surface area contributed by atoms with Gasteiger partial charge in [0.1, 0.15) is 0 Å². The minimum absolute atomic E-state index is 0.0625. The van der Waals surface area contributed by atoms with Crippen LogP contribution in [0.15, 0.2) is 42.5 Å². The van der Waals surface area contributed by atoms with Gasteiger partial charge >= 0.3 is 5.97 Å². The zero-order valence-corrected chi connectivity index (χ0v) is 24.9. The molecule has 0 radical (unpaired) electrons. The molecule has 2 saturated heterocycles. The smallest absolute Gasteiger partial charge is 0.337 e. The number of nitrogens with zero attached hydrogens (tertiary/aromatic N) is 3. The highest BCUT2D eigenvalue weighted by atomic mass is 35.5. The Kier molecular flexibility index (Phi) is 10.9. The largest absolute Gasteiger partial charge is 0.465 e. The molecule has 0 N–H and O–H groups in total. The predicted octanol–water partition coefficient (Wildman–Crippen LogP) is 5.72. The third-order valence-corrected chi connectivity index (χ3v) is 8.97. The molecule has 2 heterocycles. The fraction of sp³-hybridized carbons (Fsp3) is 0.516. The lowest BCUT2D eigenvalue weighted by molar-refractivity contribution is -0.133. The predicted molar refractivity (Wildman–Crippen MR) is 159 cm³/mol. The summed E-state index contributed by atoms with van der Waals surface area (Å²) in [6, 6.07) is 13.1. The van der Waals surface area contributed by atoms with E-state index in [0.717, 1.165) is 51.0 Å². The summed E-state index contributed by atoms with van der Waals surface area (Å²) in [6.07, 6.45) is 5.48. The van der Waals surface area contributed by atoms with Crippen molar-refractivity contribution in [3.8, 4) is 0 Å². The molecule has 0 aromatic heterocycles. The van der Waals surface area contributed by atoms with Gasteiger partial charge in [-0.25, -0.2) is 4.79 Å².